The van der Waals surface area contributed by atoms with Gasteiger partial charge in [0.2, 0.25) is 0 Å². The summed E-state index contributed by atoms with van der Waals surface area (Å²) in [5.74, 6) is 0.00377. The fourth-order valence-corrected chi connectivity index (χ4v) is 4.33. The van der Waals surface area contributed by atoms with Crippen molar-refractivity contribution in [1.29, 1.82) is 0 Å². The maximum absolute atomic E-state index is 12.9. The Kier molecular flexibility index (Phi) is 2.92. The van der Waals surface area contributed by atoms with Crippen LogP contribution in [0.1, 0.15) is 44.2 Å². The average Bonchev–Trinajstić information content (AvgIpc) is 2.36. The predicted octanol–water partition coefficient (Wildman–Crippen LogP) is 3.38. The number of fused-ring (bicyclic) bond motifs is 4. The quantitative estimate of drug-likeness (QED) is 0.860. The number of aliphatic hydroxyl groups is 1. The van der Waals surface area contributed by atoms with Crippen molar-refractivity contribution in [1.82, 2.24) is 0 Å². The van der Waals surface area contributed by atoms with Crippen molar-refractivity contribution in [3.8, 4) is 0 Å². The van der Waals surface area contributed by atoms with Crippen molar-refractivity contribution in [3.63, 3.8) is 0 Å². The molecular formula is C16H19BrO2. The summed E-state index contributed by atoms with van der Waals surface area (Å²) in [7, 11) is 0. The Morgan fingerprint density at radius 3 is 2.84 bits per heavy atom. The van der Waals surface area contributed by atoms with E-state index in [0.29, 0.717) is 12.8 Å². The first-order valence-electron chi connectivity index (χ1n) is 6.96. The van der Waals surface area contributed by atoms with Crippen LogP contribution in [0.5, 0.6) is 0 Å². The molecule has 0 aromatic heterocycles. The second-order valence-electron chi connectivity index (χ2n) is 6.22. The molecule has 0 heterocycles. The Bertz CT molecular complexity index is 550. The second kappa shape index (κ2) is 4.16. The first-order chi connectivity index (χ1) is 8.90. The Balaban J connectivity index is 2.22. The normalized spacial score (nSPS) is 37.1. The van der Waals surface area contributed by atoms with Gasteiger partial charge in [-0.2, -0.15) is 0 Å². The number of rotatable bonds is 1. The van der Waals surface area contributed by atoms with Crippen molar-refractivity contribution in [3.05, 3.63) is 33.8 Å². The monoisotopic (exact) mass is 322 g/mol. The van der Waals surface area contributed by atoms with Gasteiger partial charge in [0.05, 0.1) is 16.9 Å². The topological polar surface area (TPSA) is 37.3 Å². The molecule has 2 bridgehead atoms. The van der Waals surface area contributed by atoms with Gasteiger partial charge in [-0.15, -0.1) is 0 Å². The van der Waals surface area contributed by atoms with Crippen LogP contribution in [0.25, 0.3) is 0 Å². The van der Waals surface area contributed by atoms with Gasteiger partial charge in [-0.05, 0) is 55.9 Å². The lowest BCUT2D eigenvalue weighted by molar-refractivity contribution is -0.147. The van der Waals surface area contributed by atoms with Crippen LogP contribution in [0.2, 0.25) is 0 Å². The molecule has 2 aliphatic rings. The molecule has 0 amide bonds. The Morgan fingerprint density at radius 2 is 2.16 bits per heavy atom. The highest BCUT2D eigenvalue weighted by atomic mass is 79.9. The minimum atomic E-state index is -0.851. The van der Waals surface area contributed by atoms with Crippen LogP contribution >= 0.6 is 15.9 Å². The molecule has 0 saturated heterocycles. The predicted molar refractivity (Wildman–Crippen MR) is 78.2 cm³/mol. The van der Waals surface area contributed by atoms with Crippen LogP contribution in [0.15, 0.2) is 22.7 Å². The van der Waals surface area contributed by atoms with Crippen LogP contribution in [0.4, 0.5) is 0 Å². The highest BCUT2D eigenvalue weighted by Crippen LogP contribution is 2.51. The lowest BCUT2D eigenvalue weighted by Crippen LogP contribution is -2.57. The molecule has 1 aromatic carbocycles. The summed E-state index contributed by atoms with van der Waals surface area (Å²) in [6.07, 6.45) is 2.97. The molecule has 102 valence electrons. The molecule has 3 heteroatoms. The number of hydrogen-bond donors (Lipinski definition) is 1. The van der Waals surface area contributed by atoms with Crippen LogP contribution in [-0.4, -0.2) is 16.5 Å². The molecule has 3 rings (SSSR count). The minimum absolute atomic E-state index is 0.247. The third-order valence-corrected chi connectivity index (χ3v) is 5.70. The molecule has 0 aliphatic heterocycles. The van der Waals surface area contributed by atoms with E-state index >= 15 is 0 Å². The largest absolute Gasteiger partial charge is 0.389 e. The SMILES string of the molecule is CCC12CCC(C)(O)C(Cc3cc(Br)ccc31)C2=O. The lowest BCUT2D eigenvalue weighted by atomic mass is 9.53. The van der Waals surface area contributed by atoms with E-state index in [1.807, 2.05) is 13.0 Å². The van der Waals surface area contributed by atoms with Gasteiger partial charge < -0.3 is 5.11 Å². The summed E-state index contributed by atoms with van der Waals surface area (Å²) in [5, 5.41) is 10.5. The summed E-state index contributed by atoms with van der Waals surface area (Å²) in [4.78, 5) is 12.9. The maximum Gasteiger partial charge on any atom is 0.149 e. The summed E-state index contributed by atoms with van der Waals surface area (Å²) in [5.41, 5.74) is 1.20. The number of ketones is 1. The van der Waals surface area contributed by atoms with E-state index in [0.717, 1.165) is 17.3 Å². The Hall–Kier alpha value is -0.670. The van der Waals surface area contributed by atoms with Gasteiger partial charge in [-0.1, -0.05) is 28.9 Å². The van der Waals surface area contributed by atoms with E-state index in [9.17, 15) is 9.90 Å². The van der Waals surface area contributed by atoms with E-state index in [1.165, 1.54) is 11.1 Å². The number of carbonyl (C=O) groups is 1. The third-order valence-electron chi connectivity index (χ3n) is 5.21. The summed E-state index contributed by atoms with van der Waals surface area (Å²) < 4.78 is 1.05. The van der Waals surface area contributed by atoms with Gasteiger partial charge in [0.25, 0.3) is 0 Å². The van der Waals surface area contributed by atoms with Crippen molar-refractivity contribution in [2.24, 2.45) is 5.92 Å². The summed E-state index contributed by atoms with van der Waals surface area (Å²) in [6, 6.07) is 6.23. The first-order valence-corrected chi connectivity index (χ1v) is 7.75. The van der Waals surface area contributed by atoms with Gasteiger partial charge in [-0.3, -0.25) is 4.79 Å². The molecule has 2 nitrogen and oxygen atoms in total. The number of Topliss-reactive ketones (excluding diaryl/α,β-unsaturated/α-hetero) is 1. The van der Waals surface area contributed by atoms with Gasteiger partial charge in [0.1, 0.15) is 5.78 Å². The lowest BCUT2D eigenvalue weighted by Gasteiger charge is -2.50. The molecule has 3 atom stereocenters. The molecule has 19 heavy (non-hydrogen) atoms. The van der Waals surface area contributed by atoms with Crippen molar-refractivity contribution < 1.29 is 9.90 Å². The molecule has 1 aromatic rings. The minimum Gasteiger partial charge on any atom is -0.389 e. The smallest absolute Gasteiger partial charge is 0.149 e. The van der Waals surface area contributed by atoms with Crippen LogP contribution < -0.4 is 0 Å². The number of benzene rings is 1. The van der Waals surface area contributed by atoms with Crippen molar-refractivity contribution in [2.45, 2.75) is 50.5 Å². The molecule has 3 unspecified atom stereocenters. The van der Waals surface area contributed by atoms with E-state index in [2.05, 4.69) is 35.0 Å². The molecule has 1 fully saturated rings. The van der Waals surface area contributed by atoms with Crippen LogP contribution in [0.3, 0.4) is 0 Å². The van der Waals surface area contributed by atoms with Crippen LogP contribution in [-0.2, 0) is 16.6 Å². The molecule has 0 spiro atoms. The first kappa shape index (κ1) is 13.3. The molecule has 1 N–H and O–H groups in total. The fourth-order valence-electron chi connectivity index (χ4n) is 3.92. The van der Waals surface area contributed by atoms with Gasteiger partial charge >= 0.3 is 0 Å². The number of halogens is 1. The fraction of sp³-hybridized carbons (Fsp3) is 0.562. The maximum atomic E-state index is 12.9. The second-order valence-corrected chi connectivity index (χ2v) is 7.13. The summed E-state index contributed by atoms with van der Waals surface area (Å²) >= 11 is 3.51. The van der Waals surface area contributed by atoms with Crippen molar-refractivity contribution >= 4 is 21.7 Å². The van der Waals surface area contributed by atoms with E-state index in [1.54, 1.807) is 0 Å². The zero-order chi connectivity index (χ0) is 13.8. The van der Waals surface area contributed by atoms with Gasteiger partial charge in [-0.25, -0.2) is 0 Å². The zero-order valence-electron chi connectivity index (χ0n) is 11.4. The van der Waals surface area contributed by atoms with Gasteiger partial charge in [0.15, 0.2) is 0 Å². The highest BCUT2D eigenvalue weighted by molar-refractivity contribution is 9.10. The summed E-state index contributed by atoms with van der Waals surface area (Å²) in [6.45, 7) is 3.91. The molecular weight excluding hydrogens is 304 g/mol. The Labute approximate surface area is 122 Å². The third kappa shape index (κ3) is 1.74. The highest BCUT2D eigenvalue weighted by Gasteiger charge is 2.56. The molecule has 0 radical (unpaired) electrons. The molecule has 1 saturated carbocycles. The van der Waals surface area contributed by atoms with Gasteiger partial charge in [0, 0.05) is 4.47 Å². The Morgan fingerprint density at radius 1 is 1.42 bits per heavy atom. The molecule has 2 aliphatic carbocycles. The number of carbonyl (C=O) groups excluding carboxylic acids is 1. The van der Waals surface area contributed by atoms with Crippen LogP contribution in [0, 0.1) is 5.92 Å². The number of hydrogen-bond acceptors (Lipinski definition) is 2. The van der Waals surface area contributed by atoms with E-state index in [-0.39, 0.29) is 17.1 Å². The van der Waals surface area contributed by atoms with E-state index < -0.39 is 5.60 Å². The van der Waals surface area contributed by atoms with Crippen molar-refractivity contribution in [2.75, 3.05) is 0 Å². The standard InChI is InChI=1S/C16H19BrO2/c1-3-16-7-6-15(2,19)13(14(16)18)9-10-8-11(17)4-5-12(10)16/h4-5,8,13,19H,3,6-7,9H2,1-2H3. The van der Waals surface area contributed by atoms with E-state index in [4.69, 9.17) is 0 Å². The zero-order valence-corrected chi connectivity index (χ0v) is 13.0. The average molecular weight is 323 g/mol.